The zero-order chi connectivity index (χ0) is 14.9. The van der Waals surface area contributed by atoms with Crippen LogP contribution in [0.1, 0.15) is 38.1 Å². The molecule has 0 saturated carbocycles. The van der Waals surface area contributed by atoms with Gasteiger partial charge in [0.1, 0.15) is 13.2 Å². The summed E-state index contributed by atoms with van der Waals surface area (Å²) in [7, 11) is 0. The summed E-state index contributed by atoms with van der Waals surface area (Å²) in [5, 5.41) is 3.38. The van der Waals surface area contributed by atoms with E-state index in [1.165, 1.54) is 0 Å². The molecule has 110 valence electrons. The van der Waals surface area contributed by atoms with Crippen molar-refractivity contribution in [3.63, 3.8) is 0 Å². The highest BCUT2D eigenvalue weighted by atomic mass is 35.5. The van der Waals surface area contributed by atoms with Crippen LogP contribution in [0, 0.1) is 5.41 Å². The molecule has 1 amide bonds. The van der Waals surface area contributed by atoms with Gasteiger partial charge in [-0.1, -0.05) is 32.4 Å². The Hall–Kier alpha value is -1.42. The maximum atomic E-state index is 12.3. The van der Waals surface area contributed by atoms with Crippen LogP contribution in [0.4, 0.5) is 0 Å². The van der Waals surface area contributed by atoms with Crippen molar-refractivity contribution < 1.29 is 14.3 Å². The topological polar surface area (TPSA) is 47.6 Å². The second-order valence-electron chi connectivity index (χ2n) is 6.04. The number of amides is 1. The number of halogens is 1. The van der Waals surface area contributed by atoms with Gasteiger partial charge in [-0.15, -0.1) is 0 Å². The van der Waals surface area contributed by atoms with Gasteiger partial charge >= 0.3 is 0 Å². The minimum Gasteiger partial charge on any atom is -0.486 e. The predicted molar refractivity (Wildman–Crippen MR) is 78.8 cm³/mol. The molecule has 1 heterocycles. The number of nitrogens with one attached hydrogen (secondary N) is 1. The van der Waals surface area contributed by atoms with Crippen LogP contribution >= 0.6 is 11.6 Å². The summed E-state index contributed by atoms with van der Waals surface area (Å²) in [5.74, 6) is 0.877. The number of ether oxygens (including phenoxy) is 2. The molecule has 4 nitrogen and oxygen atoms in total. The van der Waals surface area contributed by atoms with Crippen LogP contribution in [0.3, 0.4) is 0 Å². The standard InChI is InChI=1S/C15H20ClNO3/c1-9(15(2,3)4)17-14(18)10-7-11(16)13-12(8-10)19-5-6-20-13/h7-9H,5-6H2,1-4H3,(H,17,18). The van der Waals surface area contributed by atoms with Crippen molar-refractivity contribution in [3.8, 4) is 11.5 Å². The van der Waals surface area contributed by atoms with Crippen molar-refractivity contribution in [3.05, 3.63) is 22.7 Å². The highest BCUT2D eigenvalue weighted by molar-refractivity contribution is 6.32. The molecule has 1 aromatic carbocycles. The molecular formula is C15H20ClNO3. The monoisotopic (exact) mass is 297 g/mol. The largest absolute Gasteiger partial charge is 0.486 e. The Kier molecular flexibility index (Phi) is 4.14. The molecule has 0 spiro atoms. The van der Waals surface area contributed by atoms with Crippen LogP contribution in [0.5, 0.6) is 11.5 Å². The Morgan fingerprint density at radius 1 is 1.30 bits per heavy atom. The van der Waals surface area contributed by atoms with E-state index in [0.29, 0.717) is 35.3 Å². The quantitative estimate of drug-likeness (QED) is 0.911. The van der Waals surface area contributed by atoms with Gasteiger partial charge in [-0.25, -0.2) is 0 Å². The Balaban J connectivity index is 2.21. The summed E-state index contributed by atoms with van der Waals surface area (Å²) >= 11 is 6.13. The summed E-state index contributed by atoms with van der Waals surface area (Å²) in [6, 6.07) is 3.33. The first-order valence-electron chi connectivity index (χ1n) is 6.69. The van der Waals surface area contributed by atoms with Gasteiger partial charge in [0.15, 0.2) is 11.5 Å². The zero-order valence-corrected chi connectivity index (χ0v) is 13.0. The Labute approximate surface area is 124 Å². The maximum Gasteiger partial charge on any atom is 0.251 e. The van der Waals surface area contributed by atoms with E-state index in [2.05, 4.69) is 26.1 Å². The molecule has 1 aliphatic rings. The number of hydrogen-bond donors (Lipinski definition) is 1. The number of carbonyl (C=O) groups is 1. The van der Waals surface area contributed by atoms with Crippen LogP contribution in [0.15, 0.2) is 12.1 Å². The third kappa shape index (κ3) is 3.18. The predicted octanol–water partition coefficient (Wildman–Crippen LogP) is 3.28. The van der Waals surface area contributed by atoms with Gasteiger partial charge in [0.05, 0.1) is 5.02 Å². The van der Waals surface area contributed by atoms with E-state index in [0.717, 1.165) is 0 Å². The van der Waals surface area contributed by atoms with E-state index in [4.69, 9.17) is 21.1 Å². The minimum absolute atomic E-state index is 0.00667. The first-order valence-corrected chi connectivity index (χ1v) is 7.07. The molecule has 1 aromatic rings. The minimum atomic E-state index is -0.161. The average molecular weight is 298 g/mol. The zero-order valence-electron chi connectivity index (χ0n) is 12.2. The number of benzene rings is 1. The highest BCUT2D eigenvalue weighted by Crippen LogP contribution is 2.38. The molecule has 0 fully saturated rings. The molecule has 0 saturated heterocycles. The number of rotatable bonds is 2. The lowest BCUT2D eigenvalue weighted by Crippen LogP contribution is -2.41. The van der Waals surface area contributed by atoms with Crippen LogP contribution in [-0.4, -0.2) is 25.2 Å². The second-order valence-corrected chi connectivity index (χ2v) is 6.45. The number of carbonyl (C=O) groups excluding carboxylic acids is 1. The number of hydrogen-bond acceptors (Lipinski definition) is 3. The Morgan fingerprint density at radius 2 is 1.95 bits per heavy atom. The van der Waals surface area contributed by atoms with E-state index in [9.17, 15) is 4.79 Å². The van der Waals surface area contributed by atoms with E-state index < -0.39 is 0 Å². The molecule has 0 bridgehead atoms. The lowest BCUT2D eigenvalue weighted by Gasteiger charge is -2.28. The van der Waals surface area contributed by atoms with Crippen molar-refractivity contribution >= 4 is 17.5 Å². The van der Waals surface area contributed by atoms with E-state index >= 15 is 0 Å². The summed E-state index contributed by atoms with van der Waals surface area (Å²) in [5.41, 5.74) is 0.475. The van der Waals surface area contributed by atoms with Gasteiger partial charge in [-0.3, -0.25) is 4.79 Å². The SMILES string of the molecule is CC(NC(=O)c1cc(Cl)c2c(c1)OCCO2)C(C)(C)C. The fourth-order valence-electron chi connectivity index (χ4n) is 1.74. The molecule has 0 aliphatic carbocycles. The fourth-order valence-corrected chi connectivity index (χ4v) is 2.00. The van der Waals surface area contributed by atoms with Gasteiger partial charge in [-0.2, -0.15) is 0 Å². The molecule has 1 atom stereocenters. The van der Waals surface area contributed by atoms with Crippen LogP contribution < -0.4 is 14.8 Å². The lowest BCUT2D eigenvalue weighted by molar-refractivity contribution is 0.0909. The molecule has 0 aromatic heterocycles. The van der Waals surface area contributed by atoms with E-state index in [1.54, 1.807) is 12.1 Å². The smallest absolute Gasteiger partial charge is 0.251 e. The summed E-state index contributed by atoms with van der Waals surface area (Å²) in [4.78, 5) is 12.3. The fraction of sp³-hybridized carbons (Fsp3) is 0.533. The van der Waals surface area contributed by atoms with E-state index in [1.807, 2.05) is 6.92 Å². The Bertz CT molecular complexity index is 523. The molecule has 1 aliphatic heterocycles. The van der Waals surface area contributed by atoms with Crippen LogP contribution in [0.25, 0.3) is 0 Å². The summed E-state index contributed by atoms with van der Waals surface area (Å²) in [6.45, 7) is 9.15. The molecule has 20 heavy (non-hydrogen) atoms. The molecule has 1 unspecified atom stereocenters. The molecule has 1 N–H and O–H groups in total. The van der Waals surface area contributed by atoms with Gasteiger partial charge in [0, 0.05) is 11.6 Å². The Morgan fingerprint density at radius 3 is 2.60 bits per heavy atom. The second kappa shape index (κ2) is 5.52. The van der Waals surface area contributed by atoms with Gasteiger partial charge in [-0.05, 0) is 24.5 Å². The van der Waals surface area contributed by atoms with Crippen molar-refractivity contribution in [2.75, 3.05) is 13.2 Å². The van der Waals surface area contributed by atoms with Gasteiger partial charge in [0.25, 0.3) is 5.91 Å². The summed E-state index contributed by atoms with van der Waals surface area (Å²) in [6.07, 6.45) is 0. The van der Waals surface area contributed by atoms with Crippen LogP contribution in [0.2, 0.25) is 5.02 Å². The van der Waals surface area contributed by atoms with Crippen molar-refractivity contribution in [1.29, 1.82) is 0 Å². The molecular weight excluding hydrogens is 278 g/mol. The van der Waals surface area contributed by atoms with Crippen LogP contribution in [-0.2, 0) is 0 Å². The summed E-state index contributed by atoms with van der Waals surface area (Å²) < 4.78 is 10.9. The average Bonchev–Trinajstić information content (AvgIpc) is 2.37. The first kappa shape index (κ1) is 15.0. The third-order valence-corrected chi connectivity index (χ3v) is 3.79. The van der Waals surface area contributed by atoms with Gasteiger partial charge in [0.2, 0.25) is 0 Å². The number of fused-ring (bicyclic) bond motifs is 1. The molecule has 5 heteroatoms. The normalized spacial score (nSPS) is 15.7. The van der Waals surface area contributed by atoms with Crippen molar-refractivity contribution in [2.24, 2.45) is 5.41 Å². The molecule has 0 radical (unpaired) electrons. The van der Waals surface area contributed by atoms with Crippen molar-refractivity contribution in [2.45, 2.75) is 33.7 Å². The lowest BCUT2D eigenvalue weighted by atomic mass is 9.88. The van der Waals surface area contributed by atoms with E-state index in [-0.39, 0.29) is 17.4 Å². The van der Waals surface area contributed by atoms with Crippen molar-refractivity contribution in [1.82, 2.24) is 5.32 Å². The maximum absolute atomic E-state index is 12.3. The highest BCUT2D eigenvalue weighted by Gasteiger charge is 2.24. The molecule has 2 rings (SSSR count). The first-order chi connectivity index (χ1) is 9.29. The van der Waals surface area contributed by atoms with Gasteiger partial charge < -0.3 is 14.8 Å². The third-order valence-electron chi connectivity index (χ3n) is 3.51.